The zero-order chi connectivity index (χ0) is 32.4. The Morgan fingerprint density at radius 2 is 1.60 bits per heavy atom. The maximum absolute atomic E-state index is 13.6. The van der Waals surface area contributed by atoms with E-state index in [0.717, 1.165) is 44.6 Å². The lowest BCUT2D eigenvalue weighted by molar-refractivity contribution is -0.121. The monoisotopic (exact) mass is 625 g/mol. The molecule has 0 spiro atoms. The van der Waals surface area contributed by atoms with Gasteiger partial charge in [0, 0.05) is 60.8 Å². The molecule has 0 unspecified atom stereocenters. The molecular weight excluding hydrogens is 586 g/mol. The van der Waals surface area contributed by atoms with E-state index in [0.29, 0.717) is 37.6 Å². The van der Waals surface area contributed by atoms with E-state index in [9.17, 15) is 4.79 Å². The number of para-hydroxylation sites is 1. The third kappa shape index (κ3) is 7.82. The van der Waals surface area contributed by atoms with Gasteiger partial charge in [-0.05, 0) is 64.7 Å². The second-order valence-electron chi connectivity index (χ2n) is 11.4. The minimum absolute atomic E-state index is 0.0266. The van der Waals surface area contributed by atoms with Gasteiger partial charge in [-0.3, -0.25) is 9.78 Å². The molecule has 1 amide bonds. The molecule has 47 heavy (non-hydrogen) atoms. The Balaban J connectivity index is 1.32. The normalized spacial score (nSPS) is 11.6. The number of amides is 1. The number of methoxy groups -OCH3 is 2. The molecule has 0 radical (unpaired) electrons. The number of ether oxygens (including phenoxy) is 3. The summed E-state index contributed by atoms with van der Waals surface area (Å²) in [6.45, 7) is 1.62. The lowest BCUT2D eigenvalue weighted by atomic mass is 9.87. The molecule has 0 aliphatic rings. The molecule has 0 saturated heterocycles. The van der Waals surface area contributed by atoms with Crippen molar-refractivity contribution in [2.45, 2.75) is 31.9 Å². The van der Waals surface area contributed by atoms with Crippen LogP contribution < -0.4 is 19.5 Å². The number of rotatable bonds is 14. The minimum atomic E-state index is -0.232. The van der Waals surface area contributed by atoms with Crippen molar-refractivity contribution in [2.75, 3.05) is 20.8 Å². The number of aromatic nitrogens is 2. The molecule has 0 saturated carbocycles. The van der Waals surface area contributed by atoms with E-state index in [1.165, 1.54) is 0 Å². The van der Waals surface area contributed by atoms with E-state index in [2.05, 4.69) is 57.5 Å². The summed E-state index contributed by atoms with van der Waals surface area (Å²) in [7, 11) is 3.32. The first-order valence-electron chi connectivity index (χ1n) is 15.8. The third-order valence-electron chi connectivity index (χ3n) is 8.35. The average molecular weight is 626 g/mol. The highest BCUT2D eigenvalue weighted by Gasteiger charge is 2.24. The van der Waals surface area contributed by atoms with E-state index in [-0.39, 0.29) is 18.2 Å². The Labute approximate surface area is 275 Å². The van der Waals surface area contributed by atoms with Crippen molar-refractivity contribution in [1.29, 1.82) is 0 Å². The predicted octanol–water partition coefficient (Wildman–Crippen LogP) is 7.56. The summed E-state index contributed by atoms with van der Waals surface area (Å²) in [5.41, 5.74) is 6.33. The van der Waals surface area contributed by atoms with E-state index in [1.54, 1.807) is 20.4 Å². The van der Waals surface area contributed by atoms with Crippen LogP contribution in [0.15, 0.2) is 128 Å². The molecule has 2 aromatic heterocycles. The van der Waals surface area contributed by atoms with Gasteiger partial charge in [-0.2, -0.15) is 0 Å². The van der Waals surface area contributed by atoms with Crippen molar-refractivity contribution in [3.63, 3.8) is 0 Å². The van der Waals surface area contributed by atoms with Crippen LogP contribution in [0.25, 0.3) is 10.9 Å². The van der Waals surface area contributed by atoms with Crippen LogP contribution in [-0.2, 0) is 24.4 Å². The van der Waals surface area contributed by atoms with E-state index < -0.39 is 0 Å². The lowest BCUT2D eigenvalue weighted by Gasteiger charge is -2.19. The smallest absolute Gasteiger partial charge is 0.220 e. The van der Waals surface area contributed by atoms with Crippen molar-refractivity contribution in [3.05, 3.63) is 156 Å². The van der Waals surface area contributed by atoms with Crippen LogP contribution in [0.5, 0.6) is 17.2 Å². The standard InChI is InChI=1S/C40H39N3O4/c1-45-33-18-15-29(16-19-33)26-43-27-36(34-13-6-7-14-37(34)43)35(25-40(44)42-23-21-32-12-8-9-22-41-32)31-17-20-38(39(24-31)46-2)47-28-30-10-4-3-5-11-30/h3-20,22,24,27,35H,21,23,25-26,28H2,1-2H3,(H,42,44)/t35-/m1/s1. The molecule has 7 nitrogen and oxygen atoms in total. The number of hydrogen-bond donors (Lipinski definition) is 1. The van der Waals surface area contributed by atoms with Crippen LogP contribution in [0.3, 0.4) is 0 Å². The summed E-state index contributed by atoms with van der Waals surface area (Å²) in [4.78, 5) is 17.9. The van der Waals surface area contributed by atoms with Gasteiger partial charge in [-0.15, -0.1) is 0 Å². The predicted molar refractivity (Wildman–Crippen MR) is 185 cm³/mol. The molecule has 4 aromatic carbocycles. The van der Waals surface area contributed by atoms with Crippen LogP contribution in [0.2, 0.25) is 0 Å². The Morgan fingerprint density at radius 1 is 0.809 bits per heavy atom. The first kappa shape index (κ1) is 31.4. The van der Waals surface area contributed by atoms with E-state index >= 15 is 0 Å². The fraction of sp³-hybridized carbons (Fsp3) is 0.200. The van der Waals surface area contributed by atoms with E-state index in [4.69, 9.17) is 14.2 Å². The SMILES string of the molecule is COc1ccc(Cn2cc([C@H](CC(=O)NCCc3ccccn3)c3ccc(OCc4ccccc4)c(OC)c3)c3ccccc32)cc1. The summed E-state index contributed by atoms with van der Waals surface area (Å²) in [6, 6.07) is 38.4. The van der Waals surface area contributed by atoms with Gasteiger partial charge in [0.15, 0.2) is 11.5 Å². The largest absolute Gasteiger partial charge is 0.497 e. The molecule has 238 valence electrons. The van der Waals surface area contributed by atoms with Crippen LogP contribution in [0.1, 0.15) is 40.3 Å². The molecule has 7 heteroatoms. The highest BCUT2D eigenvalue weighted by Crippen LogP contribution is 2.39. The molecule has 6 aromatic rings. The number of benzene rings is 4. The Morgan fingerprint density at radius 3 is 2.36 bits per heavy atom. The highest BCUT2D eigenvalue weighted by atomic mass is 16.5. The van der Waals surface area contributed by atoms with Crippen LogP contribution in [-0.4, -0.2) is 36.2 Å². The molecule has 0 aliphatic heterocycles. The first-order valence-corrected chi connectivity index (χ1v) is 15.8. The summed E-state index contributed by atoms with van der Waals surface area (Å²) in [5.74, 6) is 1.85. The number of nitrogens with zero attached hydrogens (tertiary/aromatic N) is 2. The molecule has 2 heterocycles. The van der Waals surface area contributed by atoms with Gasteiger partial charge >= 0.3 is 0 Å². The van der Waals surface area contributed by atoms with Gasteiger partial charge in [0.25, 0.3) is 0 Å². The summed E-state index contributed by atoms with van der Waals surface area (Å²) >= 11 is 0. The van der Waals surface area contributed by atoms with Gasteiger partial charge in [-0.1, -0.05) is 72.8 Å². The third-order valence-corrected chi connectivity index (χ3v) is 8.35. The van der Waals surface area contributed by atoms with Crippen LogP contribution in [0, 0.1) is 0 Å². The first-order chi connectivity index (χ1) is 23.1. The number of carbonyl (C=O) groups excluding carboxylic acids is 1. The maximum atomic E-state index is 13.6. The second-order valence-corrected chi connectivity index (χ2v) is 11.4. The van der Waals surface area contributed by atoms with Crippen molar-refractivity contribution in [1.82, 2.24) is 14.9 Å². The van der Waals surface area contributed by atoms with Crippen molar-refractivity contribution in [3.8, 4) is 17.2 Å². The molecule has 1 atom stereocenters. The van der Waals surface area contributed by atoms with Crippen molar-refractivity contribution >= 4 is 16.8 Å². The lowest BCUT2D eigenvalue weighted by Crippen LogP contribution is -2.27. The van der Waals surface area contributed by atoms with Crippen molar-refractivity contribution < 1.29 is 19.0 Å². The number of fused-ring (bicyclic) bond motifs is 1. The van der Waals surface area contributed by atoms with Crippen LogP contribution in [0.4, 0.5) is 0 Å². The Hall–Kier alpha value is -5.56. The second kappa shape index (κ2) is 15.1. The fourth-order valence-corrected chi connectivity index (χ4v) is 5.91. The molecule has 0 aliphatic carbocycles. The zero-order valence-corrected chi connectivity index (χ0v) is 26.8. The Kier molecular flexibility index (Phi) is 10.1. The molecular formula is C40H39N3O4. The molecule has 6 rings (SSSR count). The molecule has 0 bridgehead atoms. The number of carbonyl (C=O) groups is 1. The van der Waals surface area contributed by atoms with Gasteiger partial charge in [0.2, 0.25) is 5.91 Å². The molecule has 1 N–H and O–H groups in total. The Bertz CT molecular complexity index is 1900. The van der Waals surface area contributed by atoms with Gasteiger partial charge in [-0.25, -0.2) is 0 Å². The minimum Gasteiger partial charge on any atom is -0.497 e. The van der Waals surface area contributed by atoms with Crippen LogP contribution >= 0.6 is 0 Å². The van der Waals surface area contributed by atoms with Gasteiger partial charge in [0.1, 0.15) is 12.4 Å². The quantitative estimate of drug-likeness (QED) is 0.135. The summed E-state index contributed by atoms with van der Waals surface area (Å²) < 4.78 is 19.6. The summed E-state index contributed by atoms with van der Waals surface area (Å²) in [5, 5.41) is 4.24. The van der Waals surface area contributed by atoms with Crippen molar-refractivity contribution in [2.24, 2.45) is 0 Å². The number of hydrogen-bond acceptors (Lipinski definition) is 5. The maximum Gasteiger partial charge on any atom is 0.220 e. The van der Waals surface area contributed by atoms with Gasteiger partial charge in [0.05, 0.1) is 14.2 Å². The van der Waals surface area contributed by atoms with Gasteiger partial charge < -0.3 is 24.1 Å². The molecule has 0 fully saturated rings. The van der Waals surface area contributed by atoms with E-state index in [1.807, 2.05) is 78.9 Å². The topological polar surface area (TPSA) is 74.6 Å². The zero-order valence-electron chi connectivity index (χ0n) is 26.8. The number of nitrogens with one attached hydrogen (secondary N) is 1. The average Bonchev–Trinajstić information content (AvgIpc) is 3.48. The highest BCUT2D eigenvalue weighted by molar-refractivity contribution is 5.87. The number of pyridine rings is 1. The summed E-state index contributed by atoms with van der Waals surface area (Å²) in [6.07, 6.45) is 4.90. The fourth-order valence-electron chi connectivity index (χ4n) is 5.91.